The molecule has 2 atom stereocenters. The molecule has 1 aliphatic carbocycles. The molecule has 0 heterocycles. The van der Waals surface area contributed by atoms with E-state index >= 15 is 0 Å². The van der Waals surface area contributed by atoms with Gasteiger partial charge in [0.15, 0.2) is 0 Å². The van der Waals surface area contributed by atoms with E-state index in [1.54, 1.807) is 5.57 Å². The second kappa shape index (κ2) is 9.04. The number of hydrogen-bond donors (Lipinski definition) is 0. The third kappa shape index (κ3) is 4.84. The van der Waals surface area contributed by atoms with E-state index in [0.717, 1.165) is 11.8 Å². The average molecular weight is 333 g/mol. The minimum absolute atomic E-state index is 0.879. The van der Waals surface area contributed by atoms with Gasteiger partial charge in [-0.05, 0) is 53.4 Å². The van der Waals surface area contributed by atoms with Crippen LogP contribution in [0.15, 0.2) is 60.7 Å². The summed E-state index contributed by atoms with van der Waals surface area (Å²) in [7, 11) is 0. The number of rotatable bonds is 7. The van der Waals surface area contributed by atoms with Gasteiger partial charge in [0, 0.05) is 0 Å². The molecule has 0 heteroatoms. The standard InChI is InChI=1S/C25H32/c1-3-4-6-9-20(2)21-12-14-24(15-13-21)25-18-16-23(17-19-25)22-10-7-5-8-11-22/h5,7-8,10-11,14,16-21H,3-4,6,9,12-13,15H2,1-2H3. The molecule has 3 rings (SSSR count). The van der Waals surface area contributed by atoms with Gasteiger partial charge in [0.2, 0.25) is 0 Å². The molecule has 1 aliphatic rings. The minimum atomic E-state index is 0.879. The molecule has 0 saturated carbocycles. The fourth-order valence-corrected chi connectivity index (χ4v) is 4.09. The first-order valence-electron chi connectivity index (χ1n) is 10.1. The lowest BCUT2D eigenvalue weighted by Gasteiger charge is -2.27. The molecular formula is C25H32. The molecule has 0 nitrogen and oxygen atoms in total. The van der Waals surface area contributed by atoms with Crippen LogP contribution in [0.25, 0.3) is 16.7 Å². The average Bonchev–Trinajstić information content (AvgIpc) is 2.69. The van der Waals surface area contributed by atoms with Crippen molar-refractivity contribution in [3.8, 4) is 11.1 Å². The summed E-state index contributed by atoms with van der Waals surface area (Å²) in [6.45, 7) is 4.76. The monoisotopic (exact) mass is 332 g/mol. The maximum Gasteiger partial charge on any atom is -0.0184 e. The summed E-state index contributed by atoms with van der Waals surface area (Å²) < 4.78 is 0. The molecule has 2 aromatic rings. The quantitative estimate of drug-likeness (QED) is 0.454. The van der Waals surface area contributed by atoms with Gasteiger partial charge in [-0.2, -0.15) is 0 Å². The highest BCUT2D eigenvalue weighted by atomic mass is 14.3. The van der Waals surface area contributed by atoms with E-state index in [-0.39, 0.29) is 0 Å². The van der Waals surface area contributed by atoms with Crippen LogP contribution in [0.1, 0.15) is 64.4 Å². The lowest BCUT2D eigenvalue weighted by Crippen LogP contribution is -2.14. The highest BCUT2D eigenvalue weighted by Gasteiger charge is 2.20. The zero-order valence-corrected chi connectivity index (χ0v) is 15.9. The number of hydrogen-bond acceptors (Lipinski definition) is 0. The first kappa shape index (κ1) is 18.0. The molecule has 0 spiro atoms. The molecule has 0 N–H and O–H groups in total. The van der Waals surface area contributed by atoms with Gasteiger partial charge >= 0.3 is 0 Å². The topological polar surface area (TPSA) is 0 Å². The Kier molecular flexibility index (Phi) is 6.50. The Balaban J connectivity index is 1.60. The van der Waals surface area contributed by atoms with Crippen molar-refractivity contribution in [2.45, 2.75) is 58.8 Å². The summed E-state index contributed by atoms with van der Waals surface area (Å²) in [5, 5.41) is 0. The van der Waals surface area contributed by atoms with Crippen molar-refractivity contribution in [2.75, 3.05) is 0 Å². The first-order valence-corrected chi connectivity index (χ1v) is 10.1. The number of allylic oxidation sites excluding steroid dienone is 2. The van der Waals surface area contributed by atoms with Crippen LogP contribution in [-0.4, -0.2) is 0 Å². The second-order valence-corrected chi connectivity index (χ2v) is 7.68. The summed E-state index contributed by atoms with van der Waals surface area (Å²) in [6, 6.07) is 19.8. The van der Waals surface area contributed by atoms with Crippen LogP contribution in [0.4, 0.5) is 0 Å². The molecule has 0 aromatic heterocycles. The van der Waals surface area contributed by atoms with Crippen molar-refractivity contribution in [1.29, 1.82) is 0 Å². The van der Waals surface area contributed by atoms with E-state index in [4.69, 9.17) is 0 Å². The van der Waals surface area contributed by atoms with Gasteiger partial charge in [-0.25, -0.2) is 0 Å². The van der Waals surface area contributed by atoms with Crippen molar-refractivity contribution in [2.24, 2.45) is 11.8 Å². The fourth-order valence-electron chi connectivity index (χ4n) is 4.09. The summed E-state index contributed by atoms with van der Waals surface area (Å²) in [4.78, 5) is 0. The van der Waals surface area contributed by atoms with Crippen LogP contribution in [0.3, 0.4) is 0 Å². The molecule has 25 heavy (non-hydrogen) atoms. The van der Waals surface area contributed by atoms with Crippen LogP contribution in [0.5, 0.6) is 0 Å². The summed E-state index contributed by atoms with van der Waals surface area (Å²) in [5.41, 5.74) is 5.57. The lowest BCUT2D eigenvalue weighted by molar-refractivity contribution is 0.308. The molecule has 0 radical (unpaired) electrons. The Morgan fingerprint density at radius 1 is 0.880 bits per heavy atom. The Hall–Kier alpha value is -1.82. The van der Waals surface area contributed by atoms with Crippen molar-refractivity contribution in [1.82, 2.24) is 0 Å². The Morgan fingerprint density at radius 2 is 1.56 bits per heavy atom. The summed E-state index contributed by atoms with van der Waals surface area (Å²) in [5.74, 6) is 1.77. The van der Waals surface area contributed by atoms with E-state index in [1.165, 1.54) is 61.6 Å². The Labute approximate surface area is 154 Å². The van der Waals surface area contributed by atoms with Gasteiger partial charge in [0.25, 0.3) is 0 Å². The molecule has 0 bridgehead atoms. The molecule has 132 valence electrons. The largest absolute Gasteiger partial charge is 0.0804 e. The van der Waals surface area contributed by atoms with E-state index in [2.05, 4.69) is 74.5 Å². The molecule has 0 aliphatic heterocycles. The second-order valence-electron chi connectivity index (χ2n) is 7.68. The lowest BCUT2D eigenvalue weighted by atomic mass is 9.78. The normalized spacial score (nSPS) is 18.6. The predicted octanol–water partition coefficient (Wildman–Crippen LogP) is 7.75. The molecule has 0 amide bonds. The molecule has 2 unspecified atom stereocenters. The van der Waals surface area contributed by atoms with E-state index in [9.17, 15) is 0 Å². The third-order valence-corrected chi connectivity index (χ3v) is 5.88. The smallest absolute Gasteiger partial charge is 0.0184 e. The SMILES string of the molecule is CCCCCC(C)C1CC=C(c2ccc(-c3ccccc3)cc2)CC1. The highest BCUT2D eigenvalue weighted by molar-refractivity contribution is 5.70. The number of unbranched alkanes of at least 4 members (excludes halogenated alkanes) is 2. The van der Waals surface area contributed by atoms with Crippen molar-refractivity contribution < 1.29 is 0 Å². The number of benzene rings is 2. The van der Waals surface area contributed by atoms with E-state index in [1.807, 2.05) is 0 Å². The molecule has 2 aromatic carbocycles. The van der Waals surface area contributed by atoms with Crippen LogP contribution < -0.4 is 0 Å². The Morgan fingerprint density at radius 3 is 2.20 bits per heavy atom. The van der Waals surface area contributed by atoms with Gasteiger partial charge in [0.1, 0.15) is 0 Å². The van der Waals surface area contributed by atoms with Crippen molar-refractivity contribution in [3.63, 3.8) is 0 Å². The third-order valence-electron chi connectivity index (χ3n) is 5.88. The van der Waals surface area contributed by atoms with Crippen LogP contribution in [0, 0.1) is 11.8 Å². The zero-order valence-electron chi connectivity index (χ0n) is 15.9. The van der Waals surface area contributed by atoms with Crippen molar-refractivity contribution >= 4 is 5.57 Å². The highest BCUT2D eigenvalue weighted by Crippen LogP contribution is 2.36. The molecular weight excluding hydrogens is 300 g/mol. The van der Waals surface area contributed by atoms with Crippen LogP contribution >= 0.6 is 0 Å². The van der Waals surface area contributed by atoms with Gasteiger partial charge in [-0.3, -0.25) is 0 Å². The van der Waals surface area contributed by atoms with Crippen molar-refractivity contribution in [3.05, 3.63) is 66.2 Å². The van der Waals surface area contributed by atoms with Crippen LogP contribution in [-0.2, 0) is 0 Å². The van der Waals surface area contributed by atoms with Gasteiger partial charge < -0.3 is 0 Å². The minimum Gasteiger partial charge on any atom is -0.0804 e. The van der Waals surface area contributed by atoms with Crippen LogP contribution in [0.2, 0.25) is 0 Å². The zero-order chi connectivity index (χ0) is 17.5. The molecule has 0 fully saturated rings. The maximum atomic E-state index is 2.52. The summed E-state index contributed by atoms with van der Waals surface area (Å²) >= 11 is 0. The van der Waals surface area contributed by atoms with Gasteiger partial charge in [-0.1, -0.05) is 100 Å². The first-order chi connectivity index (χ1) is 12.3. The molecule has 0 saturated heterocycles. The van der Waals surface area contributed by atoms with E-state index in [0.29, 0.717) is 0 Å². The predicted molar refractivity (Wildman–Crippen MR) is 111 cm³/mol. The maximum absolute atomic E-state index is 2.52. The Bertz CT molecular complexity index is 663. The van der Waals surface area contributed by atoms with E-state index < -0.39 is 0 Å². The fraction of sp³-hybridized carbons (Fsp3) is 0.440. The summed E-state index contributed by atoms with van der Waals surface area (Å²) in [6.07, 6.45) is 11.9. The van der Waals surface area contributed by atoms with Gasteiger partial charge in [-0.15, -0.1) is 0 Å². The van der Waals surface area contributed by atoms with Gasteiger partial charge in [0.05, 0.1) is 0 Å².